The number of rotatable bonds is 7. The van der Waals surface area contributed by atoms with E-state index in [1.165, 1.54) is 0 Å². The van der Waals surface area contributed by atoms with Crippen LogP contribution in [0.5, 0.6) is 0 Å². The molecule has 0 fully saturated rings. The number of carboxylic acid groups (broad SMARTS) is 1. The molecule has 15 heteroatoms. The van der Waals surface area contributed by atoms with Crippen molar-refractivity contribution in [2.45, 2.75) is 6.18 Å². The number of halogens is 4. The van der Waals surface area contributed by atoms with Crippen molar-refractivity contribution in [3.63, 3.8) is 0 Å². The van der Waals surface area contributed by atoms with Gasteiger partial charge in [0.25, 0.3) is 6.47 Å². The fraction of sp³-hybridized carbons (Fsp3) is 0.174. The number of fused-ring (bicyclic) bond motifs is 1. The summed E-state index contributed by atoms with van der Waals surface area (Å²) in [7, 11) is 0. The molecule has 3 heterocycles. The van der Waals surface area contributed by atoms with Crippen LogP contribution >= 0.6 is 0 Å². The molecule has 4 aromatic rings. The smallest absolute Gasteiger partial charge is 0.405 e. The summed E-state index contributed by atoms with van der Waals surface area (Å²) < 4.78 is 52.6. The first-order chi connectivity index (χ1) is 18.1. The van der Waals surface area contributed by atoms with Gasteiger partial charge in [0.2, 0.25) is 0 Å². The monoisotopic (exact) mass is 534 g/mol. The number of pyridine rings is 1. The van der Waals surface area contributed by atoms with E-state index in [4.69, 9.17) is 15.6 Å². The number of imidazole rings is 1. The number of hydrogen-bond donors (Lipinski definition) is 5. The zero-order valence-electron chi connectivity index (χ0n) is 19.5. The molecule has 0 aliphatic heterocycles. The Balaban J connectivity index is 0.00000127. The fourth-order valence-corrected chi connectivity index (χ4v) is 3.27. The van der Waals surface area contributed by atoms with E-state index in [1.807, 2.05) is 0 Å². The van der Waals surface area contributed by atoms with Gasteiger partial charge in [0.05, 0.1) is 18.1 Å². The van der Waals surface area contributed by atoms with Crippen LogP contribution in [0.2, 0.25) is 0 Å². The van der Waals surface area contributed by atoms with Crippen molar-refractivity contribution in [3.05, 3.63) is 60.8 Å². The van der Waals surface area contributed by atoms with Gasteiger partial charge in [-0.2, -0.15) is 13.2 Å². The van der Waals surface area contributed by atoms with Crippen LogP contribution < -0.4 is 21.7 Å². The molecule has 3 aromatic heterocycles. The van der Waals surface area contributed by atoms with Crippen molar-refractivity contribution in [2.75, 3.05) is 30.3 Å². The Kier molecular flexibility index (Phi) is 9.10. The number of anilines is 2. The minimum atomic E-state index is -4.50. The molecule has 4 rings (SSSR count). The van der Waals surface area contributed by atoms with Crippen LogP contribution in [0.3, 0.4) is 0 Å². The molecule has 38 heavy (non-hydrogen) atoms. The van der Waals surface area contributed by atoms with Gasteiger partial charge in [-0.05, 0) is 24.3 Å². The summed E-state index contributed by atoms with van der Waals surface area (Å²) in [4.78, 5) is 32.8. The average Bonchev–Trinajstić information content (AvgIpc) is 3.31. The highest BCUT2D eigenvalue weighted by Gasteiger charge is 2.27. The van der Waals surface area contributed by atoms with Gasteiger partial charge < -0.3 is 26.8 Å². The summed E-state index contributed by atoms with van der Waals surface area (Å²) in [6.07, 6.45) is -0.0770. The molecule has 0 atom stereocenters. The lowest BCUT2D eigenvalue weighted by molar-refractivity contribution is -0.123. The third kappa shape index (κ3) is 7.36. The Morgan fingerprint density at radius 1 is 1.13 bits per heavy atom. The number of carbonyl (C=O) groups is 2. The molecular formula is C23H22F4N8O3. The Morgan fingerprint density at radius 2 is 1.89 bits per heavy atom. The number of benzene rings is 1. The Bertz CT molecular complexity index is 1410. The molecule has 0 spiro atoms. The van der Waals surface area contributed by atoms with Gasteiger partial charge in [0, 0.05) is 36.1 Å². The summed E-state index contributed by atoms with van der Waals surface area (Å²) >= 11 is 0. The number of amides is 2. The molecule has 0 aliphatic rings. The summed E-state index contributed by atoms with van der Waals surface area (Å²) in [5, 5.41) is 13.8. The maximum absolute atomic E-state index is 13.9. The number of urea groups is 1. The number of hydrogen-bond acceptors (Lipinski definition) is 7. The molecular weight excluding hydrogens is 512 g/mol. The van der Waals surface area contributed by atoms with Crippen molar-refractivity contribution in [3.8, 4) is 22.6 Å². The van der Waals surface area contributed by atoms with Crippen LogP contribution in [0.1, 0.15) is 0 Å². The molecule has 11 nitrogen and oxygen atoms in total. The molecule has 0 aliphatic carbocycles. The number of carbonyl (C=O) groups excluding carboxylic acids is 1. The van der Waals surface area contributed by atoms with E-state index >= 15 is 0 Å². The van der Waals surface area contributed by atoms with Gasteiger partial charge in [-0.25, -0.2) is 24.1 Å². The number of nitrogens with zero attached hydrogens (tertiary/aromatic N) is 4. The van der Waals surface area contributed by atoms with Crippen LogP contribution in [0.4, 0.5) is 33.9 Å². The average molecular weight is 534 g/mol. The second-order valence-electron chi connectivity index (χ2n) is 7.50. The van der Waals surface area contributed by atoms with Crippen molar-refractivity contribution in [2.24, 2.45) is 5.73 Å². The number of alkyl halides is 3. The van der Waals surface area contributed by atoms with Crippen LogP contribution in [0.25, 0.3) is 28.3 Å². The summed E-state index contributed by atoms with van der Waals surface area (Å²) in [5.74, 6) is -0.242. The molecule has 0 radical (unpaired) electrons. The Hall–Kier alpha value is -4.79. The van der Waals surface area contributed by atoms with Crippen molar-refractivity contribution >= 4 is 29.7 Å². The van der Waals surface area contributed by atoms with Gasteiger partial charge in [-0.1, -0.05) is 12.1 Å². The zero-order valence-corrected chi connectivity index (χ0v) is 19.5. The highest BCUT2D eigenvalue weighted by Crippen LogP contribution is 2.26. The lowest BCUT2D eigenvalue weighted by atomic mass is 10.1. The van der Waals surface area contributed by atoms with E-state index < -0.39 is 24.6 Å². The third-order valence-corrected chi connectivity index (χ3v) is 4.82. The van der Waals surface area contributed by atoms with Gasteiger partial charge >= 0.3 is 12.2 Å². The normalized spacial score (nSPS) is 10.9. The molecule has 0 bridgehead atoms. The van der Waals surface area contributed by atoms with Gasteiger partial charge in [0.15, 0.2) is 17.5 Å². The Morgan fingerprint density at radius 3 is 2.61 bits per heavy atom. The second-order valence-corrected chi connectivity index (χ2v) is 7.50. The lowest BCUT2D eigenvalue weighted by Crippen LogP contribution is -2.36. The van der Waals surface area contributed by atoms with Crippen LogP contribution in [0, 0.1) is 5.82 Å². The first-order valence-electron chi connectivity index (χ1n) is 10.9. The van der Waals surface area contributed by atoms with Crippen LogP contribution in [-0.4, -0.2) is 62.8 Å². The quantitative estimate of drug-likeness (QED) is 0.178. The molecule has 0 saturated heterocycles. The topological polar surface area (TPSA) is 160 Å². The van der Waals surface area contributed by atoms with E-state index in [-0.39, 0.29) is 12.3 Å². The lowest BCUT2D eigenvalue weighted by Gasteiger charge is -2.11. The minimum absolute atomic E-state index is 0.0490. The van der Waals surface area contributed by atoms with Crippen LogP contribution in [0.15, 0.2) is 55.0 Å². The largest absolute Gasteiger partial charge is 0.483 e. The number of nitrogens with one attached hydrogen (secondary N) is 3. The molecule has 1 aromatic carbocycles. The summed E-state index contributed by atoms with van der Waals surface area (Å²) in [6.45, 7) is -1.01. The van der Waals surface area contributed by atoms with E-state index in [9.17, 15) is 22.4 Å². The predicted octanol–water partition coefficient (Wildman–Crippen LogP) is 3.35. The summed E-state index contributed by atoms with van der Waals surface area (Å²) in [5.41, 5.74) is 8.28. The highest BCUT2D eigenvalue weighted by atomic mass is 19.4. The van der Waals surface area contributed by atoms with Gasteiger partial charge in [-0.3, -0.25) is 9.20 Å². The molecule has 0 unspecified atom stereocenters. The van der Waals surface area contributed by atoms with Gasteiger partial charge in [-0.15, -0.1) is 0 Å². The van der Waals surface area contributed by atoms with E-state index in [0.29, 0.717) is 47.1 Å². The first-order valence-corrected chi connectivity index (χ1v) is 10.9. The highest BCUT2D eigenvalue weighted by molar-refractivity contribution is 5.90. The molecule has 0 saturated carbocycles. The third-order valence-electron chi connectivity index (χ3n) is 4.82. The second kappa shape index (κ2) is 12.4. The molecule has 2 amide bonds. The summed E-state index contributed by atoms with van der Waals surface area (Å²) in [6, 6.07) is 9.10. The molecule has 6 N–H and O–H groups in total. The number of nitrogens with two attached hydrogens (primary N) is 1. The SMILES string of the molecule is NCCNc1nc(-c2ccn3c(-c4cccc(NC(=O)NCC(F)(F)F)c4)cnc3c2)ncc1F.O=CO. The van der Waals surface area contributed by atoms with Crippen molar-refractivity contribution in [1.29, 1.82) is 0 Å². The maximum Gasteiger partial charge on any atom is 0.405 e. The van der Waals surface area contributed by atoms with Crippen molar-refractivity contribution < 1.29 is 32.3 Å². The molecule has 200 valence electrons. The van der Waals surface area contributed by atoms with Gasteiger partial charge in [0.1, 0.15) is 12.2 Å². The maximum atomic E-state index is 13.9. The van der Waals surface area contributed by atoms with E-state index in [1.54, 1.807) is 58.5 Å². The van der Waals surface area contributed by atoms with Crippen LogP contribution in [-0.2, 0) is 4.79 Å². The predicted molar refractivity (Wildman–Crippen MR) is 131 cm³/mol. The zero-order chi connectivity index (χ0) is 27.7. The van der Waals surface area contributed by atoms with E-state index in [2.05, 4.69) is 25.6 Å². The van der Waals surface area contributed by atoms with E-state index in [0.717, 1.165) is 6.20 Å². The first kappa shape index (κ1) is 27.8. The minimum Gasteiger partial charge on any atom is -0.483 e. The number of aromatic nitrogens is 4. The van der Waals surface area contributed by atoms with Crippen molar-refractivity contribution in [1.82, 2.24) is 24.7 Å². The Labute approximate surface area is 212 Å². The fourth-order valence-electron chi connectivity index (χ4n) is 3.27. The standard InChI is InChI=1S/C22H20F4N8O.CH2O2/c23-16-10-30-19(33-20(16)28-6-5-27)14-4-7-34-17(11-29-18(34)9-14)13-2-1-3-15(8-13)32-21(35)31-12-22(24,25)26;2-1-3/h1-4,7-11H,5-6,12,27H2,(H,28,30,33)(H2,31,32,35);1H,(H,2,3).